The van der Waals surface area contributed by atoms with Crippen molar-refractivity contribution in [3.05, 3.63) is 113 Å². The van der Waals surface area contributed by atoms with Gasteiger partial charge in [-0.1, -0.05) is 53.8 Å². The lowest BCUT2D eigenvalue weighted by molar-refractivity contribution is -0.113. The molecule has 0 saturated heterocycles. The van der Waals surface area contributed by atoms with E-state index < -0.39 is 12.7 Å². The summed E-state index contributed by atoms with van der Waals surface area (Å²) >= 11 is 2.57. The summed E-state index contributed by atoms with van der Waals surface area (Å²) in [6, 6.07) is 16.8. The Bertz CT molecular complexity index is 1690. The summed E-state index contributed by atoms with van der Waals surface area (Å²) in [7, 11) is 0. The molecule has 2 aromatic carbocycles. The number of nitrogens with zero attached hydrogens (tertiary/aromatic N) is 2. The van der Waals surface area contributed by atoms with E-state index in [1.807, 2.05) is 48.7 Å². The molecule has 1 amide bonds. The van der Waals surface area contributed by atoms with Crippen molar-refractivity contribution < 1.29 is 18.3 Å². The van der Waals surface area contributed by atoms with Gasteiger partial charge in [0, 0.05) is 16.1 Å². The first-order chi connectivity index (χ1) is 17.8. The van der Waals surface area contributed by atoms with Crippen molar-refractivity contribution in [3.8, 4) is 5.75 Å². The number of benzene rings is 2. The van der Waals surface area contributed by atoms with Gasteiger partial charge in [-0.05, 0) is 49.1 Å². The van der Waals surface area contributed by atoms with Crippen LogP contribution in [0.25, 0.3) is 6.08 Å². The number of aromatic nitrogens is 1. The molecule has 1 N–H and O–H groups in total. The van der Waals surface area contributed by atoms with Crippen LogP contribution in [0, 0.1) is 6.92 Å². The number of halogens is 2. The van der Waals surface area contributed by atoms with Gasteiger partial charge in [-0.3, -0.25) is 14.2 Å². The Morgan fingerprint density at radius 1 is 1.11 bits per heavy atom. The highest BCUT2D eigenvalue weighted by atomic mass is 32.1. The van der Waals surface area contributed by atoms with Crippen LogP contribution in [-0.2, 0) is 4.79 Å². The van der Waals surface area contributed by atoms with Crippen LogP contribution in [-0.4, -0.2) is 17.1 Å². The monoisotopic (exact) mass is 537 g/mol. The van der Waals surface area contributed by atoms with Crippen molar-refractivity contribution in [3.63, 3.8) is 0 Å². The van der Waals surface area contributed by atoms with Gasteiger partial charge in [0.2, 0.25) is 0 Å². The summed E-state index contributed by atoms with van der Waals surface area (Å²) in [5.41, 5.74) is 2.41. The predicted octanol–water partition coefficient (Wildman–Crippen LogP) is 4.85. The molecule has 0 spiro atoms. The van der Waals surface area contributed by atoms with Gasteiger partial charge in [0.05, 0.1) is 15.8 Å². The number of anilines is 1. The summed E-state index contributed by atoms with van der Waals surface area (Å²) in [6.45, 7) is 0.653. The minimum atomic E-state index is -2.99. The lowest BCUT2D eigenvalue weighted by Gasteiger charge is -2.24. The Labute approximate surface area is 218 Å². The fraction of sp³-hybridized carbons (Fsp3) is 0.148. The SMILES string of the molecule is CC1=C(C(=O)Nc2ccccc2C)C(c2cccs2)n2c(sc(=Cc3ccccc3OC(F)F)c2=O)=N1. The first-order valence-corrected chi connectivity index (χ1v) is 13.0. The molecule has 4 aromatic rings. The fourth-order valence-corrected chi connectivity index (χ4v) is 6.04. The van der Waals surface area contributed by atoms with E-state index in [0.717, 1.165) is 21.8 Å². The Hall–Kier alpha value is -3.89. The third-order valence-corrected chi connectivity index (χ3v) is 7.80. The van der Waals surface area contributed by atoms with Gasteiger partial charge in [0.25, 0.3) is 11.5 Å². The normalized spacial score (nSPS) is 15.5. The largest absolute Gasteiger partial charge is 0.434 e. The van der Waals surface area contributed by atoms with Crippen molar-refractivity contribution in [2.75, 3.05) is 5.32 Å². The van der Waals surface area contributed by atoms with Crippen molar-refractivity contribution in [2.24, 2.45) is 4.99 Å². The number of para-hydroxylation sites is 2. The van der Waals surface area contributed by atoms with Crippen molar-refractivity contribution in [2.45, 2.75) is 26.5 Å². The molecular weight excluding hydrogens is 516 g/mol. The minimum absolute atomic E-state index is 0.0346. The van der Waals surface area contributed by atoms with Crippen LogP contribution in [0.5, 0.6) is 5.75 Å². The molecule has 2 aromatic heterocycles. The van der Waals surface area contributed by atoms with E-state index in [1.54, 1.807) is 25.1 Å². The average molecular weight is 538 g/mol. The van der Waals surface area contributed by atoms with Gasteiger partial charge < -0.3 is 10.1 Å². The number of allylic oxidation sites excluding steroid dienone is 1. The van der Waals surface area contributed by atoms with Crippen LogP contribution in [0.1, 0.15) is 29.0 Å². The molecule has 0 aliphatic carbocycles. The molecule has 0 radical (unpaired) electrons. The lowest BCUT2D eigenvalue weighted by atomic mass is 10.0. The van der Waals surface area contributed by atoms with Crippen LogP contribution in [0.4, 0.5) is 14.5 Å². The van der Waals surface area contributed by atoms with Gasteiger partial charge in [0.1, 0.15) is 11.8 Å². The number of ether oxygens (including phenoxy) is 1. The van der Waals surface area contributed by atoms with Gasteiger partial charge in [-0.15, -0.1) is 11.3 Å². The number of carbonyl (C=O) groups is 1. The molecule has 37 heavy (non-hydrogen) atoms. The number of hydrogen-bond donors (Lipinski definition) is 1. The standard InChI is InChI=1S/C27H21F2N3O3S2/c1-15-8-3-5-10-18(15)31-24(33)22-16(2)30-27-32(23(22)20-12-7-13-36-20)25(34)21(37-27)14-17-9-4-6-11-19(17)35-26(28)29/h3-14,23,26H,1-2H3,(H,31,33). The molecular formula is C27H21F2N3O3S2. The zero-order chi connectivity index (χ0) is 26.1. The second kappa shape index (κ2) is 10.2. The van der Waals surface area contributed by atoms with Crippen molar-refractivity contribution in [1.29, 1.82) is 0 Å². The fourth-order valence-electron chi connectivity index (χ4n) is 4.17. The molecule has 1 unspecified atom stereocenters. The van der Waals surface area contributed by atoms with E-state index in [9.17, 15) is 18.4 Å². The van der Waals surface area contributed by atoms with E-state index >= 15 is 0 Å². The first-order valence-electron chi connectivity index (χ1n) is 11.3. The number of rotatable bonds is 6. The molecule has 6 nitrogen and oxygen atoms in total. The summed E-state index contributed by atoms with van der Waals surface area (Å²) < 4.78 is 32.2. The lowest BCUT2D eigenvalue weighted by Crippen LogP contribution is -2.40. The maximum atomic E-state index is 13.7. The highest BCUT2D eigenvalue weighted by molar-refractivity contribution is 7.10. The summed E-state index contributed by atoms with van der Waals surface area (Å²) in [5, 5.41) is 4.85. The molecule has 1 aliphatic heterocycles. The summed E-state index contributed by atoms with van der Waals surface area (Å²) in [5.74, 6) is -0.383. The van der Waals surface area contributed by atoms with Crippen LogP contribution in [0.2, 0.25) is 0 Å². The molecule has 10 heteroatoms. The maximum absolute atomic E-state index is 13.7. The molecule has 1 aliphatic rings. The second-order valence-electron chi connectivity index (χ2n) is 8.28. The number of amides is 1. The molecule has 1 atom stereocenters. The smallest absolute Gasteiger partial charge is 0.387 e. The van der Waals surface area contributed by atoms with Gasteiger partial charge in [0.15, 0.2) is 4.80 Å². The Morgan fingerprint density at radius 3 is 2.59 bits per heavy atom. The number of thiophene rings is 1. The van der Waals surface area contributed by atoms with Crippen LogP contribution in [0.15, 0.2) is 87.1 Å². The number of hydrogen-bond acceptors (Lipinski definition) is 6. The number of thiazole rings is 1. The van der Waals surface area contributed by atoms with Gasteiger partial charge in [-0.2, -0.15) is 8.78 Å². The maximum Gasteiger partial charge on any atom is 0.387 e. The van der Waals surface area contributed by atoms with Crippen LogP contribution < -0.4 is 24.9 Å². The van der Waals surface area contributed by atoms with E-state index in [4.69, 9.17) is 0 Å². The zero-order valence-corrected chi connectivity index (χ0v) is 21.4. The molecule has 188 valence electrons. The number of fused-ring (bicyclic) bond motifs is 1. The van der Waals surface area contributed by atoms with E-state index in [0.29, 0.717) is 31.9 Å². The van der Waals surface area contributed by atoms with Gasteiger partial charge >= 0.3 is 6.61 Å². The van der Waals surface area contributed by atoms with Crippen molar-refractivity contribution >= 4 is 40.3 Å². The first kappa shape index (κ1) is 24.8. The van der Waals surface area contributed by atoms with Crippen LogP contribution in [0.3, 0.4) is 0 Å². The quantitative estimate of drug-likeness (QED) is 0.383. The molecule has 3 heterocycles. The minimum Gasteiger partial charge on any atom is -0.434 e. The van der Waals surface area contributed by atoms with E-state index in [1.165, 1.54) is 28.0 Å². The summed E-state index contributed by atoms with van der Waals surface area (Å²) in [4.78, 5) is 33.1. The number of carbonyl (C=O) groups excluding carboxylic acids is 1. The predicted molar refractivity (Wildman–Crippen MR) is 141 cm³/mol. The van der Waals surface area contributed by atoms with Crippen molar-refractivity contribution in [1.82, 2.24) is 4.57 Å². The second-order valence-corrected chi connectivity index (χ2v) is 10.3. The Balaban J connectivity index is 1.64. The third kappa shape index (κ3) is 4.90. The van der Waals surface area contributed by atoms with E-state index in [2.05, 4.69) is 15.0 Å². The molecule has 0 fully saturated rings. The highest BCUT2D eigenvalue weighted by Crippen LogP contribution is 2.33. The van der Waals surface area contributed by atoms with Crippen LogP contribution >= 0.6 is 22.7 Å². The highest BCUT2D eigenvalue weighted by Gasteiger charge is 2.33. The third-order valence-electron chi connectivity index (χ3n) is 5.89. The molecule has 0 saturated carbocycles. The van der Waals surface area contributed by atoms with Gasteiger partial charge in [-0.25, -0.2) is 4.99 Å². The number of alkyl halides is 2. The molecule has 5 rings (SSSR count). The zero-order valence-electron chi connectivity index (χ0n) is 19.8. The Morgan fingerprint density at radius 2 is 1.86 bits per heavy atom. The number of aryl methyl sites for hydroxylation is 1. The molecule has 0 bridgehead atoms. The average Bonchev–Trinajstić information content (AvgIpc) is 3.49. The summed E-state index contributed by atoms with van der Waals surface area (Å²) in [6.07, 6.45) is 1.51. The Kier molecular flexibility index (Phi) is 6.86. The van der Waals surface area contributed by atoms with E-state index in [-0.39, 0.29) is 17.2 Å². The topological polar surface area (TPSA) is 72.7 Å². The number of nitrogens with one attached hydrogen (secondary N) is 1.